The number of para-hydroxylation sites is 3. The van der Waals surface area contributed by atoms with Gasteiger partial charge in [0.25, 0.3) is 0 Å². The number of fused-ring (bicyclic) bond motifs is 1. The van der Waals surface area contributed by atoms with Crippen LogP contribution in [0, 0.1) is 0 Å². The van der Waals surface area contributed by atoms with Gasteiger partial charge in [0, 0.05) is 0 Å². The number of ketones is 1. The number of rotatable bonds is 1. The van der Waals surface area contributed by atoms with Gasteiger partial charge in [0.2, 0.25) is 0 Å². The first-order chi connectivity index (χ1) is 8.75. The summed E-state index contributed by atoms with van der Waals surface area (Å²) in [6, 6.07) is 13.8. The monoisotopic (exact) mass is 265 g/mol. The Bertz CT molecular complexity index is 621. The average molecular weight is 265 g/mol. The summed E-state index contributed by atoms with van der Waals surface area (Å²) in [5.41, 5.74) is 1.06. The Kier molecular flexibility index (Phi) is 4.14. The third kappa shape index (κ3) is 2.61. The summed E-state index contributed by atoms with van der Waals surface area (Å²) in [7, 11) is 0. The minimum atomic E-state index is -0.0277. The molecule has 19 heavy (non-hydrogen) atoms. The van der Waals surface area contributed by atoms with Gasteiger partial charge in [-0.1, -0.05) is 24.3 Å². The van der Waals surface area contributed by atoms with Gasteiger partial charge in [0.1, 0.15) is 18.0 Å². The van der Waals surface area contributed by atoms with Gasteiger partial charge < -0.3 is 11.4 Å². The SMILES string of the molecule is O=C1CN(c2ccccc2O)Oc2ccccc21.[H-].[Na+]. The van der Waals surface area contributed by atoms with Crippen LogP contribution in [0.3, 0.4) is 0 Å². The molecule has 1 N–H and O–H groups in total. The van der Waals surface area contributed by atoms with Gasteiger partial charge in [-0.25, -0.2) is 0 Å². The zero-order valence-electron chi connectivity index (χ0n) is 11.5. The topological polar surface area (TPSA) is 49.8 Å². The number of benzene rings is 2. The summed E-state index contributed by atoms with van der Waals surface area (Å²) in [5, 5.41) is 11.2. The van der Waals surface area contributed by atoms with E-state index in [1.807, 2.05) is 0 Å². The maximum absolute atomic E-state index is 12.0. The molecular formula is C14H12NNaO3. The Morgan fingerprint density at radius 1 is 1.11 bits per heavy atom. The zero-order chi connectivity index (χ0) is 12.5. The van der Waals surface area contributed by atoms with Crippen molar-refractivity contribution in [3.05, 3.63) is 54.1 Å². The number of phenolic OH excluding ortho intramolecular Hbond substituents is 1. The van der Waals surface area contributed by atoms with E-state index in [0.717, 1.165) is 0 Å². The third-order valence-electron chi connectivity index (χ3n) is 2.83. The second kappa shape index (κ2) is 5.65. The van der Waals surface area contributed by atoms with Gasteiger partial charge in [0.15, 0.2) is 11.5 Å². The van der Waals surface area contributed by atoms with E-state index in [1.165, 1.54) is 5.06 Å². The molecule has 0 saturated heterocycles. The van der Waals surface area contributed by atoms with E-state index in [0.29, 0.717) is 17.0 Å². The van der Waals surface area contributed by atoms with Crippen LogP contribution in [0.15, 0.2) is 48.5 Å². The van der Waals surface area contributed by atoms with Gasteiger partial charge in [0.05, 0.1) is 5.56 Å². The number of anilines is 1. The van der Waals surface area contributed by atoms with Gasteiger partial charge >= 0.3 is 29.6 Å². The van der Waals surface area contributed by atoms with Crippen LogP contribution < -0.4 is 39.5 Å². The maximum Gasteiger partial charge on any atom is 1.00 e. The van der Waals surface area contributed by atoms with Crippen molar-refractivity contribution in [1.82, 2.24) is 0 Å². The van der Waals surface area contributed by atoms with Gasteiger partial charge in [-0.3, -0.25) is 4.79 Å². The van der Waals surface area contributed by atoms with E-state index in [9.17, 15) is 9.90 Å². The quantitative estimate of drug-likeness (QED) is 0.707. The summed E-state index contributed by atoms with van der Waals surface area (Å²) in [6.07, 6.45) is 0. The fourth-order valence-electron chi connectivity index (χ4n) is 1.95. The molecule has 92 valence electrons. The molecule has 0 radical (unpaired) electrons. The molecule has 3 rings (SSSR count). The summed E-state index contributed by atoms with van der Waals surface area (Å²) >= 11 is 0. The molecule has 1 heterocycles. The van der Waals surface area contributed by atoms with Crippen molar-refractivity contribution in [3.8, 4) is 11.5 Å². The fraction of sp³-hybridized carbons (Fsp3) is 0.0714. The number of Topliss-reactive ketones (excluding diaryl/α,β-unsaturated/α-hetero) is 1. The van der Waals surface area contributed by atoms with Crippen molar-refractivity contribution in [3.63, 3.8) is 0 Å². The number of aromatic hydroxyl groups is 1. The molecule has 0 spiro atoms. The van der Waals surface area contributed by atoms with Crippen LogP contribution in [-0.4, -0.2) is 17.4 Å². The van der Waals surface area contributed by atoms with Gasteiger partial charge in [-0.2, -0.15) is 5.06 Å². The number of hydrogen-bond acceptors (Lipinski definition) is 4. The number of carbonyl (C=O) groups is 1. The molecule has 0 atom stereocenters. The summed E-state index contributed by atoms with van der Waals surface area (Å²) in [6.45, 7) is 0.0919. The van der Waals surface area contributed by atoms with Crippen molar-refractivity contribution in [1.29, 1.82) is 0 Å². The van der Waals surface area contributed by atoms with E-state index in [2.05, 4.69) is 0 Å². The molecule has 2 aromatic rings. The van der Waals surface area contributed by atoms with Crippen LogP contribution in [0.4, 0.5) is 5.69 Å². The Labute approximate surface area is 134 Å². The van der Waals surface area contributed by atoms with Crippen molar-refractivity contribution >= 4 is 11.5 Å². The number of nitrogens with zero attached hydrogens (tertiary/aromatic N) is 1. The van der Waals surface area contributed by atoms with Crippen molar-refractivity contribution in [2.45, 2.75) is 0 Å². The number of carbonyl (C=O) groups excluding carboxylic acids is 1. The molecule has 0 bridgehead atoms. The average Bonchev–Trinajstić information content (AvgIpc) is 2.39. The maximum atomic E-state index is 12.0. The number of hydrogen-bond donors (Lipinski definition) is 1. The molecule has 1 aliphatic heterocycles. The van der Waals surface area contributed by atoms with Crippen LogP contribution >= 0.6 is 0 Å². The summed E-state index contributed by atoms with van der Waals surface area (Å²) < 4.78 is 0. The zero-order valence-corrected chi connectivity index (χ0v) is 12.5. The van der Waals surface area contributed by atoms with Crippen molar-refractivity contribution in [2.24, 2.45) is 0 Å². The van der Waals surface area contributed by atoms with E-state index in [1.54, 1.807) is 48.5 Å². The molecule has 2 aromatic carbocycles. The van der Waals surface area contributed by atoms with E-state index >= 15 is 0 Å². The number of phenols is 1. The predicted octanol–water partition coefficient (Wildman–Crippen LogP) is -0.495. The molecule has 0 aromatic heterocycles. The largest absolute Gasteiger partial charge is 1.00 e. The first-order valence-corrected chi connectivity index (χ1v) is 5.61. The van der Waals surface area contributed by atoms with Crippen LogP contribution in [0.2, 0.25) is 0 Å². The first-order valence-electron chi connectivity index (χ1n) is 5.61. The first kappa shape index (κ1) is 13.9. The minimum Gasteiger partial charge on any atom is -1.00 e. The second-order valence-electron chi connectivity index (χ2n) is 4.04. The Morgan fingerprint density at radius 3 is 2.58 bits per heavy atom. The molecule has 0 fully saturated rings. The van der Waals surface area contributed by atoms with E-state index in [4.69, 9.17) is 4.84 Å². The predicted molar refractivity (Wildman–Crippen MR) is 68.0 cm³/mol. The summed E-state index contributed by atoms with van der Waals surface area (Å²) in [4.78, 5) is 17.6. The van der Waals surface area contributed by atoms with E-state index in [-0.39, 0.29) is 49.1 Å². The third-order valence-corrected chi connectivity index (χ3v) is 2.83. The van der Waals surface area contributed by atoms with Crippen molar-refractivity contribution in [2.75, 3.05) is 11.6 Å². The summed E-state index contributed by atoms with van der Waals surface area (Å²) in [5.74, 6) is 0.571. The minimum absolute atomic E-state index is 0. The van der Waals surface area contributed by atoms with E-state index < -0.39 is 0 Å². The Hall–Kier alpha value is -1.49. The van der Waals surface area contributed by atoms with Crippen molar-refractivity contribution < 1.29 is 45.7 Å². The molecule has 1 aliphatic rings. The second-order valence-corrected chi connectivity index (χ2v) is 4.04. The Balaban J connectivity index is 0.000001000. The van der Waals surface area contributed by atoms with Crippen LogP contribution in [-0.2, 0) is 0 Å². The van der Waals surface area contributed by atoms with Gasteiger partial charge in [-0.15, -0.1) is 0 Å². The molecule has 0 amide bonds. The molecular weight excluding hydrogens is 253 g/mol. The van der Waals surface area contributed by atoms with Crippen LogP contribution in [0.5, 0.6) is 11.5 Å². The standard InChI is InChI=1S/C14H11NO3.Na.H/c16-12-7-3-2-6-11(12)15-9-13(17)10-5-1-4-8-14(10)18-15;;/h1-8,16H,9H2;;/q;+1;-1. The van der Waals surface area contributed by atoms with Crippen LogP contribution in [0.25, 0.3) is 0 Å². The molecule has 0 saturated carbocycles. The van der Waals surface area contributed by atoms with Crippen LogP contribution in [0.1, 0.15) is 11.8 Å². The molecule has 0 aliphatic carbocycles. The molecule has 0 unspecified atom stereocenters. The smallest absolute Gasteiger partial charge is 1.00 e. The fourth-order valence-corrected chi connectivity index (χ4v) is 1.95. The molecule has 5 heteroatoms. The normalized spacial score (nSPS) is 13.3. The van der Waals surface area contributed by atoms with Gasteiger partial charge in [-0.05, 0) is 24.3 Å². The number of hydroxylamine groups is 1. The Morgan fingerprint density at radius 2 is 1.79 bits per heavy atom. The molecule has 4 nitrogen and oxygen atoms in total.